The first-order valence-electron chi connectivity index (χ1n) is 6.72. The number of nitrogens with two attached hydrogens (primary N) is 1. The van der Waals surface area contributed by atoms with E-state index in [1.165, 1.54) is 0 Å². The average molecular weight is 299 g/mol. The van der Waals surface area contributed by atoms with Crippen LogP contribution >= 0.6 is 11.6 Å². The molecular weight excluding hydrogens is 284 g/mol. The van der Waals surface area contributed by atoms with Crippen LogP contribution in [0.25, 0.3) is 10.8 Å². The standard InChI is InChI=1S/C17H15ClN2O/c1-11(19)12-7-4-10-20-17(12)21-16-9-8-15(18)13-5-2-3-6-14(13)16/h2-11H,19H2,1H3/t11-/m0/s1. The minimum atomic E-state index is -0.146. The second-order valence-electron chi connectivity index (χ2n) is 4.88. The number of nitrogens with zero attached hydrogens (tertiary/aromatic N) is 1. The molecule has 0 bridgehead atoms. The Hall–Kier alpha value is -2.10. The Balaban J connectivity index is 2.09. The van der Waals surface area contributed by atoms with Gasteiger partial charge in [0, 0.05) is 33.6 Å². The highest BCUT2D eigenvalue weighted by Crippen LogP contribution is 2.35. The fourth-order valence-electron chi connectivity index (χ4n) is 2.26. The molecule has 2 aromatic carbocycles. The molecule has 3 rings (SSSR count). The molecule has 0 aliphatic rings. The third-order valence-corrected chi connectivity index (χ3v) is 3.66. The van der Waals surface area contributed by atoms with E-state index in [0.29, 0.717) is 10.9 Å². The van der Waals surface area contributed by atoms with Crippen LogP contribution < -0.4 is 10.5 Å². The Bertz CT molecular complexity index is 787. The Morgan fingerprint density at radius 3 is 2.57 bits per heavy atom. The molecule has 0 aliphatic carbocycles. The smallest absolute Gasteiger partial charge is 0.224 e. The third-order valence-electron chi connectivity index (χ3n) is 3.33. The number of ether oxygens (including phenoxy) is 1. The van der Waals surface area contributed by atoms with Crippen molar-refractivity contribution in [2.45, 2.75) is 13.0 Å². The van der Waals surface area contributed by atoms with E-state index in [2.05, 4.69) is 4.98 Å². The summed E-state index contributed by atoms with van der Waals surface area (Å²) >= 11 is 6.22. The van der Waals surface area contributed by atoms with Gasteiger partial charge in [-0.05, 0) is 25.1 Å². The van der Waals surface area contributed by atoms with Gasteiger partial charge in [-0.1, -0.05) is 41.9 Å². The van der Waals surface area contributed by atoms with E-state index in [-0.39, 0.29) is 6.04 Å². The maximum absolute atomic E-state index is 6.22. The van der Waals surface area contributed by atoms with Crippen molar-refractivity contribution >= 4 is 22.4 Å². The molecule has 0 unspecified atom stereocenters. The summed E-state index contributed by atoms with van der Waals surface area (Å²) in [5, 5.41) is 2.60. The monoisotopic (exact) mass is 298 g/mol. The van der Waals surface area contributed by atoms with E-state index in [0.717, 1.165) is 22.1 Å². The number of benzene rings is 2. The highest BCUT2D eigenvalue weighted by molar-refractivity contribution is 6.35. The maximum Gasteiger partial charge on any atom is 0.224 e. The fourth-order valence-corrected chi connectivity index (χ4v) is 2.49. The molecule has 2 N–H and O–H groups in total. The van der Waals surface area contributed by atoms with Gasteiger partial charge in [-0.25, -0.2) is 4.98 Å². The summed E-state index contributed by atoms with van der Waals surface area (Å²) < 4.78 is 5.99. The lowest BCUT2D eigenvalue weighted by molar-refractivity contribution is 0.457. The van der Waals surface area contributed by atoms with Crippen LogP contribution in [0.1, 0.15) is 18.5 Å². The lowest BCUT2D eigenvalue weighted by Crippen LogP contribution is -2.07. The zero-order chi connectivity index (χ0) is 14.8. The number of hydrogen-bond acceptors (Lipinski definition) is 3. The fraction of sp³-hybridized carbons (Fsp3) is 0.118. The molecule has 3 aromatic rings. The summed E-state index contributed by atoms with van der Waals surface area (Å²) in [7, 11) is 0. The van der Waals surface area contributed by atoms with Crippen molar-refractivity contribution in [1.82, 2.24) is 4.98 Å². The van der Waals surface area contributed by atoms with E-state index in [1.54, 1.807) is 6.20 Å². The van der Waals surface area contributed by atoms with Crippen molar-refractivity contribution in [2.24, 2.45) is 5.73 Å². The Kier molecular flexibility index (Phi) is 3.78. The van der Waals surface area contributed by atoms with E-state index < -0.39 is 0 Å². The molecule has 0 spiro atoms. The first-order chi connectivity index (χ1) is 10.2. The lowest BCUT2D eigenvalue weighted by Gasteiger charge is -2.14. The zero-order valence-corrected chi connectivity index (χ0v) is 12.3. The Morgan fingerprint density at radius 1 is 1.05 bits per heavy atom. The van der Waals surface area contributed by atoms with Gasteiger partial charge in [-0.2, -0.15) is 0 Å². The second-order valence-corrected chi connectivity index (χ2v) is 5.29. The van der Waals surface area contributed by atoms with Crippen LogP contribution in [0.5, 0.6) is 11.6 Å². The van der Waals surface area contributed by atoms with E-state index in [9.17, 15) is 0 Å². The summed E-state index contributed by atoms with van der Waals surface area (Å²) in [6.45, 7) is 1.91. The summed E-state index contributed by atoms with van der Waals surface area (Å²) in [5.41, 5.74) is 6.84. The van der Waals surface area contributed by atoms with Gasteiger partial charge in [-0.15, -0.1) is 0 Å². The van der Waals surface area contributed by atoms with E-state index >= 15 is 0 Å². The number of rotatable bonds is 3. The molecule has 0 fully saturated rings. The largest absolute Gasteiger partial charge is 0.438 e. The maximum atomic E-state index is 6.22. The number of aromatic nitrogens is 1. The molecule has 21 heavy (non-hydrogen) atoms. The van der Waals surface area contributed by atoms with Gasteiger partial charge >= 0.3 is 0 Å². The van der Waals surface area contributed by atoms with Crippen LogP contribution in [0.3, 0.4) is 0 Å². The Morgan fingerprint density at radius 2 is 1.81 bits per heavy atom. The van der Waals surface area contributed by atoms with Gasteiger partial charge < -0.3 is 10.5 Å². The van der Waals surface area contributed by atoms with Crippen LogP contribution in [0.4, 0.5) is 0 Å². The predicted molar refractivity (Wildman–Crippen MR) is 85.9 cm³/mol. The normalized spacial score (nSPS) is 12.3. The molecule has 0 amide bonds. The molecule has 1 heterocycles. The van der Waals surface area contributed by atoms with E-state index in [1.807, 2.05) is 55.5 Å². The first kappa shape index (κ1) is 13.9. The first-order valence-corrected chi connectivity index (χ1v) is 7.10. The number of halogens is 1. The van der Waals surface area contributed by atoms with Crippen LogP contribution in [-0.4, -0.2) is 4.98 Å². The van der Waals surface area contributed by atoms with Crippen molar-refractivity contribution < 1.29 is 4.74 Å². The molecular formula is C17H15ClN2O. The average Bonchev–Trinajstić information content (AvgIpc) is 2.51. The predicted octanol–water partition coefficient (Wildman–Crippen LogP) is 4.70. The summed E-state index contributed by atoms with van der Waals surface area (Å²) in [6, 6.07) is 15.2. The topological polar surface area (TPSA) is 48.1 Å². The number of pyridine rings is 1. The van der Waals surface area contributed by atoms with Crippen LogP contribution in [0.15, 0.2) is 54.7 Å². The highest BCUT2D eigenvalue weighted by Gasteiger charge is 2.12. The molecule has 0 aliphatic heterocycles. The highest BCUT2D eigenvalue weighted by atomic mass is 35.5. The minimum Gasteiger partial charge on any atom is -0.438 e. The Labute approximate surface area is 128 Å². The van der Waals surface area contributed by atoms with Crippen molar-refractivity contribution in [3.05, 3.63) is 65.3 Å². The zero-order valence-electron chi connectivity index (χ0n) is 11.6. The summed E-state index contributed by atoms with van der Waals surface area (Å²) in [6.07, 6.45) is 1.69. The minimum absolute atomic E-state index is 0.146. The van der Waals surface area contributed by atoms with Gasteiger partial charge in [0.15, 0.2) is 0 Å². The molecule has 1 atom stereocenters. The SMILES string of the molecule is C[C@H](N)c1cccnc1Oc1ccc(Cl)c2ccccc12. The molecule has 0 saturated heterocycles. The molecule has 1 aromatic heterocycles. The van der Waals surface area contributed by atoms with E-state index in [4.69, 9.17) is 22.1 Å². The van der Waals surface area contributed by atoms with Crippen molar-refractivity contribution in [1.29, 1.82) is 0 Å². The van der Waals surface area contributed by atoms with Gasteiger partial charge in [0.25, 0.3) is 0 Å². The van der Waals surface area contributed by atoms with Gasteiger partial charge in [0.2, 0.25) is 5.88 Å². The summed E-state index contributed by atoms with van der Waals surface area (Å²) in [4.78, 5) is 4.29. The van der Waals surface area contributed by atoms with Crippen molar-refractivity contribution in [3.63, 3.8) is 0 Å². The van der Waals surface area contributed by atoms with Gasteiger partial charge in [0.05, 0.1) is 0 Å². The quantitative estimate of drug-likeness (QED) is 0.762. The lowest BCUT2D eigenvalue weighted by atomic mass is 10.1. The van der Waals surface area contributed by atoms with Gasteiger partial charge in [0.1, 0.15) is 5.75 Å². The number of hydrogen-bond donors (Lipinski definition) is 1. The van der Waals surface area contributed by atoms with Crippen LogP contribution in [0, 0.1) is 0 Å². The molecule has 3 nitrogen and oxygen atoms in total. The molecule has 4 heteroatoms. The second kappa shape index (κ2) is 5.72. The van der Waals surface area contributed by atoms with Crippen LogP contribution in [0.2, 0.25) is 5.02 Å². The van der Waals surface area contributed by atoms with Gasteiger partial charge in [-0.3, -0.25) is 0 Å². The summed E-state index contributed by atoms with van der Waals surface area (Å²) in [5.74, 6) is 1.25. The molecule has 0 radical (unpaired) electrons. The third kappa shape index (κ3) is 2.71. The van der Waals surface area contributed by atoms with Crippen molar-refractivity contribution in [3.8, 4) is 11.6 Å². The molecule has 106 valence electrons. The molecule has 0 saturated carbocycles. The van der Waals surface area contributed by atoms with Crippen LogP contribution in [-0.2, 0) is 0 Å². The van der Waals surface area contributed by atoms with Crippen molar-refractivity contribution in [2.75, 3.05) is 0 Å². The number of fused-ring (bicyclic) bond motifs is 1.